The molecule has 1 fully saturated rings. The van der Waals surface area contributed by atoms with Gasteiger partial charge in [-0.2, -0.15) is 0 Å². The third-order valence-electron chi connectivity index (χ3n) is 3.87. The standard InChI is InChI=1S/C15H23N3O3S.ClH/c1-22(20,21)18-13-7-4-6-12(10-13)17-15(19)9-11-5-2-3-8-14(11)16;/h4,6-7,10-11,14,18H,2-3,5,8-9,16H2,1H3,(H,17,19);1H. The SMILES string of the molecule is CS(=O)(=O)Nc1cccc(NC(=O)CC2CCCCC2N)c1.Cl. The highest BCUT2D eigenvalue weighted by atomic mass is 35.5. The molecular weight excluding hydrogens is 338 g/mol. The number of carbonyl (C=O) groups excluding carboxylic acids is 1. The van der Waals surface area contributed by atoms with Gasteiger partial charge >= 0.3 is 0 Å². The molecule has 8 heteroatoms. The summed E-state index contributed by atoms with van der Waals surface area (Å²) in [5, 5.41) is 2.81. The van der Waals surface area contributed by atoms with E-state index in [-0.39, 0.29) is 30.3 Å². The molecular formula is C15H24ClN3O3S. The molecule has 1 aliphatic carbocycles. The number of hydrogen-bond acceptors (Lipinski definition) is 4. The van der Waals surface area contributed by atoms with E-state index in [0.29, 0.717) is 17.8 Å². The van der Waals surface area contributed by atoms with Crippen LogP contribution in [0, 0.1) is 5.92 Å². The highest BCUT2D eigenvalue weighted by Crippen LogP contribution is 2.26. The van der Waals surface area contributed by atoms with Crippen LogP contribution in [0.1, 0.15) is 32.1 Å². The summed E-state index contributed by atoms with van der Waals surface area (Å²) in [6, 6.07) is 6.74. The van der Waals surface area contributed by atoms with E-state index >= 15 is 0 Å². The Morgan fingerprint density at radius 2 is 1.91 bits per heavy atom. The van der Waals surface area contributed by atoms with E-state index in [2.05, 4.69) is 10.0 Å². The van der Waals surface area contributed by atoms with Gasteiger partial charge in [-0.25, -0.2) is 8.42 Å². The molecule has 0 bridgehead atoms. The second-order valence-corrected chi connectivity index (χ2v) is 7.66. The normalized spacial score (nSPS) is 21.1. The summed E-state index contributed by atoms with van der Waals surface area (Å²) in [6.45, 7) is 0. The fourth-order valence-electron chi connectivity index (χ4n) is 2.81. The lowest BCUT2D eigenvalue weighted by Gasteiger charge is -2.27. The fraction of sp³-hybridized carbons (Fsp3) is 0.533. The number of rotatable bonds is 5. The molecule has 23 heavy (non-hydrogen) atoms. The first-order valence-corrected chi connectivity index (χ1v) is 9.36. The maximum absolute atomic E-state index is 12.1. The third-order valence-corrected chi connectivity index (χ3v) is 4.47. The van der Waals surface area contributed by atoms with Crippen LogP contribution in [-0.4, -0.2) is 26.6 Å². The molecule has 1 saturated carbocycles. The monoisotopic (exact) mass is 361 g/mol. The van der Waals surface area contributed by atoms with Crippen LogP contribution in [0.3, 0.4) is 0 Å². The number of hydrogen-bond donors (Lipinski definition) is 3. The van der Waals surface area contributed by atoms with Crippen LogP contribution in [0.15, 0.2) is 24.3 Å². The van der Waals surface area contributed by atoms with Crippen LogP contribution < -0.4 is 15.8 Å². The van der Waals surface area contributed by atoms with E-state index in [4.69, 9.17) is 5.73 Å². The van der Waals surface area contributed by atoms with Gasteiger partial charge in [0, 0.05) is 18.2 Å². The molecule has 6 nitrogen and oxygen atoms in total. The first-order chi connectivity index (χ1) is 10.3. The smallest absolute Gasteiger partial charge is 0.229 e. The first kappa shape index (κ1) is 19.7. The van der Waals surface area contributed by atoms with Crippen LogP contribution in [0.5, 0.6) is 0 Å². The molecule has 0 saturated heterocycles. The second kappa shape index (κ2) is 8.52. The van der Waals surface area contributed by atoms with Gasteiger partial charge in [-0.3, -0.25) is 9.52 Å². The van der Waals surface area contributed by atoms with Gasteiger partial charge in [-0.1, -0.05) is 18.9 Å². The number of sulfonamides is 1. The van der Waals surface area contributed by atoms with Crippen LogP contribution in [0.2, 0.25) is 0 Å². The number of benzene rings is 1. The van der Waals surface area contributed by atoms with Crippen LogP contribution >= 0.6 is 12.4 Å². The Morgan fingerprint density at radius 3 is 2.57 bits per heavy atom. The van der Waals surface area contributed by atoms with Crippen LogP contribution in [-0.2, 0) is 14.8 Å². The largest absolute Gasteiger partial charge is 0.327 e. The quantitative estimate of drug-likeness (QED) is 0.749. The molecule has 2 atom stereocenters. The number of nitrogens with one attached hydrogen (secondary N) is 2. The molecule has 1 aromatic rings. The van der Waals surface area contributed by atoms with Gasteiger partial charge in [0.25, 0.3) is 0 Å². The van der Waals surface area contributed by atoms with E-state index in [1.54, 1.807) is 24.3 Å². The average Bonchev–Trinajstić information content (AvgIpc) is 2.40. The van der Waals surface area contributed by atoms with Crippen molar-refractivity contribution >= 4 is 39.7 Å². The summed E-state index contributed by atoms with van der Waals surface area (Å²) in [6.07, 6.45) is 5.72. The molecule has 0 aromatic heterocycles. The summed E-state index contributed by atoms with van der Waals surface area (Å²) in [4.78, 5) is 12.1. The van der Waals surface area contributed by atoms with E-state index < -0.39 is 10.0 Å². The van der Waals surface area contributed by atoms with Gasteiger partial charge in [0.2, 0.25) is 15.9 Å². The number of carbonyl (C=O) groups is 1. The number of amides is 1. The van der Waals surface area contributed by atoms with E-state index in [0.717, 1.165) is 31.9 Å². The lowest BCUT2D eigenvalue weighted by atomic mass is 9.83. The van der Waals surface area contributed by atoms with E-state index in [9.17, 15) is 13.2 Å². The Kier molecular flexibility index (Phi) is 7.31. The van der Waals surface area contributed by atoms with Crippen molar-refractivity contribution in [2.75, 3.05) is 16.3 Å². The van der Waals surface area contributed by atoms with Crippen molar-refractivity contribution in [2.24, 2.45) is 11.7 Å². The summed E-state index contributed by atoms with van der Waals surface area (Å²) in [7, 11) is -3.33. The van der Waals surface area contributed by atoms with Gasteiger partial charge in [-0.15, -0.1) is 12.4 Å². The summed E-state index contributed by atoms with van der Waals surface area (Å²) in [5.74, 6) is 0.143. The van der Waals surface area contributed by atoms with Crippen molar-refractivity contribution in [1.29, 1.82) is 0 Å². The number of nitrogens with two attached hydrogens (primary N) is 1. The molecule has 2 rings (SSSR count). The van der Waals surface area contributed by atoms with Crippen molar-refractivity contribution in [3.63, 3.8) is 0 Å². The number of anilines is 2. The third kappa shape index (κ3) is 6.76. The minimum atomic E-state index is -3.33. The van der Waals surface area contributed by atoms with Crippen LogP contribution in [0.25, 0.3) is 0 Å². The Morgan fingerprint density at radius 1 is 1.26 bits per heavy atom. The molecule has 130 valence electrons. The van der Waals surface area contributed by atoms with Gasteiger partial charge in [0.1, 0.15) is 0 Å². The van der Waals surface area contributed by atoms with E-state index in [1.807, 2.05) is 0 Å². The maximum atomic E-state index is 12.1. The lowest BCUT2D eigenvalue weighted by molar-refractivity contribution is -0.117. The van der Waals surface area contributed by atoms with Crippen molar-refractivity contribution in [3.05, 3.63) is 24.3 Å². The molecule has 1 aromatic carbocycles. The molecule has 0 aliphatic heterocycles. The second-order valence-electron chi connectivity index (χ2n) is 5.92. The Bertz CT molecular complexity index is 637. The van der Waals surface area contributed by atoms with Crippen molar-refractivity contribution in [1.82, 2.24) is 0 Å². The molecule has 4 N–H and O–H groups in total. The van der Waals surface area contributed by atoms with Gasteiger partial charge in [0.05, 0.1) is 11.9 Å². The molecule has 0 spiro atoms. The molecule has 0 heterocycles. The number of halogens is 1. The van der Waals surface area contributed by atoms with Gasteiger partial charge < -0.3 is 11.1 Å². The van der Waals surface area contributed by atoms with Gasteiger partial charge in [0.15, 0.2) is 0 Å². The van der Waals surface area contributed by atoms with Gasteiger partial charge in [-0.05, 0) is 37.0 Å². The highest BCUT2D eigenvalue weighted by Gasteiger charge is 2.24. The molecule has 0 radical (unpaired) electrons. The maximum Gasteiger partial charge on any atom is 0.229 e. The molecule has 1 amide bonds. The minimum absolute atomic E-state index is 0. The predicted molar refractivity (Wildman–Crippen MR) is 95.3 cm³/mol. The molecule has 1 aliphatic rings. The zero-order valence-electron chi connectivity index (χ0n) is 13.1. The van der Waals surface area contributed by atoms with Crippen molar-refractivity contribution < 1.29 is 13.2 Å². The Labute approximate surface area is 143 Å². The van der Waals surface area contributed by atoms with Crippen LogP contribution in [0.4, 0.5) is 11.4 Å². The molecule has 2 unspecified atom stereocenters. The van der Waals surface area contributed by atoms with Crippen molar-refractivity contribution in [3.8, 4) is 0 Å². The minimum Gasteiger partial charge on any atom is -0.327 e. The average molecular weight is 362 g/mol. The van der Waals surface area contributed by atoms with E-state index in [1.165, 1.54) is 0 Å². The predicted octanol–water partition coefficient (Wildman–Crippen LogP) is 2.33. The Hall–Kier alpha value is -1.31. The summed E-state index contributed by atoms with van der Waals surface area (Å²) >= 11 is 0. The topological polar surface area (TPSA) is 101 Å². The summed E-state index contributed by atoms with van der Waals surface area (Å²) < 4.78 is 24.8. The first-order valence-electron chi connectivity index (χ1n) is 7.47. The fourth-order valence-corrected chi connectivity index (χ4v) is 3.37. The summed E-state index contributed by atoms with van der Waals surface area (Å²) in [5.41, 5.74) is 7.06. The Balaban J connectivity index is 0.00000264. The highest BCUT2D eigenvalue weighted by molar-refractivity contribution is 7.92. The zero-order chi connectivity index (χ0) is 16.2. The zero-order valence-corrected chi connectivity index (χ0v) is 14.8. The lowest BCUT2D eigenvalue weighted by Crippen LogP contribution is -2.35. The van der Waals surface area contributed by atoms with Crippen molar-refractivity contribution in [2.45, 2.75) is 38.1 Å².